The number of nitrogens with one attached hydrogen (secondary N) is 1. The van der Waals surface area contributed by atoms with Crippen molar-refractivity contribution in [1.29, 1.82) is 0 Å². The van der Waals surface area contributed by atoms with Crippen molar-refractivity contribution in [1.82, 2.24) is 5.32 Å². The van der Waals surface area contributed by atoms with E-state index >= 15 is 0 Å². The molecule has 0 amide bonds. The molecule has 0 aromatic heterocycles. The van der Waals surface area contributed by atoms with Gasteiger partial charge in [0.25, 0.3) is 0 Å². The van der Waals surface area contributed by atoms with Gasteiger partial charge in [0.2, 0.25) is 0 Å². The minimum Gasteiger partial charge on any atom is -0.389 e. The molecule has 0 saturated carbocycles. The minimum absolute atomic E-state index is 0.484. The van der Waals surface area contributed by atoms with Gasteiger partial charge in [0.05, 0.1) is 15.6 Å². The van der Waals surface area contributed by atoms with E-state index in [1.54, 1.807) is 13.0 Å². The molecule has 1 aromatic rings. The van der Waals surface area contributed by atoms with Gasteiger partial charge in [-0.25, -0.2) is 0 Å². The number of halogens is 2. The maximum Gasteiger partial charge on any atom is 0.0784 e. The first-order valence-corrected chi connectivity index (χ1v) is 6.93. The molecule has 0 radical (unpaired) electrons. The molecule has 0 heterocycles. The first-order valence-electron chi connectivity index (χ1n) is 6.18. The number of rotatable bonds is 6. The Labute approximate surface area is 119 Å². The molecule has 1 rings (SSSR count). The van der Waals surface area contributed by atoms with E-state index in [0.717, 1.165) is 12.1 Å². The summed E-state index contributed by atoms with van der Waals surface area (Å²) in [5.41, 5.74) is 0.0453. The van der Waals surface area contributed by atoms with Gasteiger partial charge < -0.3 is 10.4 Å². The van der Waals surface area contributed by atoms with Crippen LogP contribution in [0.25, 0.3) is 0 Å². The predicted molar refractivity (Wildman–Crippen MR) is 78.5 cm³/mol. The van der Waals surface area contributed by atoms with Crippen molar-refractivity contribution in [3.63, 3.8) is 0 Å². The SMILES string of the molecule is CC(C)CNCC(C)(O)Cc1cccc(Cl)c1Cl. The molecule has 102 valence electrons. The Hall–Kier alpha value is -0.280. The van der Waals surface area contributed by atoms with Gasteiger partial charge in [-0.2, -0.15) is 0 Å². The molecule has 0 aliphatic heterocycles. The summed E-state index contributed by atoms with van der Waals surface area (Å²) in [7, 11) is 0. The lowest BCUT2D eigenvalue weighted by Crippen LogP contribution is -2.41. The van der Waals surface area contributed by atoms with Crippen LogP contribution < -0.4 is 5.32 Å². The molecule has 0 aliphatic carbocycles. The van der Waals surface area contributed by atoms with Crippen molar-refractivity contribution in [2.75, 3.05) is 13.1 Å². The lowest BCUT2D eigenvalue weighted by molar-refractivity contribution is 0.0596. The van der Waals surface area contributed by atoms with Gasteiger partial charge in [-0.1, -0.05) is 49.2 Å². The molecule has 2 nitrogen and oxygen atoms in total. The fraction of sp³-hybridized carbons (Fsp3) is 0.571. The average molecular weight is 290 g/mol. The summed E-state index contributed by atoms with van der Waals surface area (Å²) in [5.74, 6) is 0.565. The van der Waals surface area contributed by atoms with Gasteiger partial charge in [0.15, 0.2) is 0 Å². The van der Waals surface area contributed by atoms with E-state index in [-0.39, 0.29) is 0 Å². The monoisotopic (exact) mass is 289 g/mol. The van der Waals surface area contributed by atoms with Crippen molar-refractivity contribution < 1.29 is 5.11 Å². The van der Waals surface area contributed by atoms with Crippen LogP contribution in [0, 0.1) is 5.92 Å². The van der Waals surface area contributed by atoms with Crippen molar-refractivity contribution >= 4 is 23.2 Å². The van der Waals surface area contributed by atoms with Crippen molar-refractivity contribution in [3.05, 3.63) is 33.8 Å². The Morgan fingerprint density at radius 1 is 1.33 bits per heavy atom. The zero-order valence-electron chi connectivity index (χ0n) is 11.1. The molecule has 1 aromatic carbocycles. The van der Waals surface area contributed by atoms with Gasteiger partial charge in [0.1, 0.15) is 0 Å². The molecule has 2 N–H and O–H groups in total. The Bertz CT molecular complexity index is 391. The Morgan fingerprint density at radius 3 is 2.61 bits per heavy atom. The number of aliphatic hydroxyl groups is 1. The van der Waals surface area contributed by atoms with E-state index in [0.29, 0.717) is 28.9 Å². The van der Waals surface area contributed by atoms with Gasteiger partial charge >= 0.3 is 0 Å². The van der Waals surface area contributed by atoms with Gasteiger partial charge in [-0.3, -0.25) is 0 Å². The maximum atomic E-state index is 10.3. The normalized spacial score (nSPS) is 14.8. The first kappa shape index (κ1) is 15.8. The van der Waals surface area contributed by atoms with Crippen molar-refractivity contribution in [2.45, 2.75) is 32.8 Å². The summed E-state index contributed by atoms with van der Waals surface area (Å²) in [6.07, 6.45) is 0.484. The Balaban J connectivity index is 2.61. The van der Waals surface area contributed by atoms with Crippen LogP contribution in [-0.4, -0.2) is 23.8 Å². The summed E-state index contributed by atoms with van der Waals surface area (Å²) < 4.78 is 0. The summed E-state index contributed by atoms with van der Waals surface area (Å²) in [4.78, 5) is 0. The quantitative estimate of drug-likeness (QED) is 0.840. The summed E-state index contributed by atoms with van der Waals surface area (Å²) in [6.45, 7) is 7.50. The van der Waals surface area contributed by atoms with Crippen LogP contribution in [0.1, 0.15) is 26.3 Å². The maximum absolute atomic E-state index is 10.3. The highest BCUT2D eigenvalue weighted by atomic mass is 35.5. The summed E-state index contributed by atoms with van der Waals surface area (Å²) >= 11 is 12.1. The zero-order chi connectivity index (χ0) is 13.8. The molecule has 1 atom stereocenters. The van der Waals surface area contributed by atoms with E-state index in [4.69, 9.17) is 23.2 Å². The van der Waals surface area contributed by atoms with Crippen LogP contribution in [0.4, 0.5) is 0 Å². The van der Waals surface area contributed by atoms with Gasteiger partial charge in [-0.05, 0) is 31.0 Å². The third kappa shape index (κ3) is 5.15. The highest BCUT2D eigenvalue weighted by Crippen LogP contribution is 2.28. The predicted octanol–water partition coefficient (Wildman–Crippen LogP) is 3.53. The molecule has 4 heteroatoms. The van der Waals surface area contributed by atoms with Crippen molar-refractivity contribution in [2.24, 2.45) is 5.92 Å². The zero-order valence-corrected chi connectivity index (χ0v) is 12.6. The minimum atomic E-state index is -0.830. The Kier molecular flexibility index (Phi) is 5.93. The van der Waals surface area contributed by atoms with Crippen LogP contribution in [0.15, 0.2) is 18.2 Å². The third-order valence-electron chi connectivity index (χ3n) is 2.66. The lowest BCUT2D eigenvalue weighted by Gasteiger charge is -2.25. The van der Waals surface area contributed by atoms with E-state index in [1.807, 2.05) is 12.1 Å². The second kappa shape index (κ2) is 6.76. The number of hydrogen-bond donors (Lipinski definition) is 2. The highest BCUT2D eigenvalue weighted by Gasteiger charge is 2.22. The van der Waals surface area contributed by atoms with E-state index in [2.05, 4.69) is 19.2 Å². The van der Waals surface area contributed by atoms with Crippen LogP contribution in [-0.2, 0) is 6.42 Å². The first-order chi connectivity index (χ1) is 8.32. The molecule has 18 heavy (non-hydrogen) atoms. The summed E-state index contributed by atoms with van der Waals surface area (Å²) in [5, 5.41) is 14.6. The average Bonchev–Trinajstić information content (AvgIpc) is 2.23. The third-order valence-corrected chi connectivity index (χ3v) is 3.52. The smallest absolute Gasteiger partial charge is 0.0784 e. The highest BCUT2D eigenvalue weighted by molar-refractivity contribution is 6.42. The second-order valence-electron chi connectivity index (χ2n) is 5.41. The molecule has 0 spiro atoms. The van der Waals surface area contributed by atoms with E-state index in [9.17, 15) is 5.11 Å². The summed E-state index contributed by atoms with van der Waals surface area (Å²) in [6, 6.07) is 5.49. The molecule has 0 fully saturated rings. The standard InChI is InChI=1S/C14H21Cl2NO/c1-10(2)8-17-9-14(3,18)7-11-5-4-6-12(15)13(11)16/h4-6,10,17-18H,7-9H2,1-3H3. The van der Waals surface area contributed by atoms with E-state index in [1.165, 1.54) is 0 Å². The fourth-order valence-electron chi connectivity index (χ4n) is 1.79. The van der Waals surface area contributed by atoms with Crippen LogP contribution in [0.5, 0.6) is 0 Å². The topological polar surface area (TPSA) is 32.3 Å². The number of benzene rings is 1. The molecule has 1 unspecified atom stereocenters. The molecule has 0 bridgehead atoms. The van der Waals surface area contributed by atoms with E-state index < -0.39 is 5.60 Å². The van der Waals surface area contributed by atoms with Gasteiger partial charge in [0, 0.05) is 13.0 Å². The van der Waals surface area contributed by atoms with Crippen molar-refractivity contribution in [3.8, 4) is 0 Å². The molecule has 0 saturated heterocycles. The Morgan fingerprint density at radius 2 is 2.00 bits per heavy atom. The molecular weight excluding hydrogens is 269 g/mol. The van der Waals surface area contributed by atoms with Crippen LogP contribution in [0.2, 0.25) is 10.0 Å². The largest absolute Gasteiger partial charge is 0.389 e. The molecule has 0 aliphatic rings. The lowest BCUT2D eigenvalue weighted by atomic mass is 9.96. The number of hydrogen-bond acceptors (Lipinski definition) is 2. The van der Waals surface area contributed by atoms with Gasteiger partial charge in [-0.15, -0.1) is 0 Å². The fourth-order valence-corrected chi connectivity index (χ4v) is 2.17. The second-order valence-corrected chi connectivity index (χ2v) is 6.20. The van der Waals surface area contributed by atoms with Crippen LogP contribution in [0.3, 0.4) is 0 Å². The molecular formula is C14H21Cl2NO. The van der Waals surface area contributed by atoms with Crippen LogP contribution >= 0.6 is 23.2 Å².